The van der Waals surface area contributed by atoms with Gasteiger partial charge in [-0.05, 0) is 12.3 Å². The van der Waals surface area contributed by atoms with Crippen LogP contribution < -0.4 is 11.1 Å². The molecule has 3 unspecified atom stereocenters. The summed E-state index contributed by atoms with van der Waals surface area (Å²) in [6.45, 7) is 6.25. The second-order valence-corrected chi connectivity index (χ2v) is 4.10. The van der Waals surface area contributed by atoms with Crippen molar-refractivity contribution in [2.24, 2.45) is 11.7 Å². The zero-order valence-electron chi connectivity index (χ0n) is 9.99. The van der Waals surface area contributed by atoms with Gasteiger partial charge in [-0.3, -0.25) is 4.79 Å². The lowest BCUT2D eigenvalue weighted by molar-refractivity contribution is -0.123. The first-order valence-electron chi connectivity index (χ1n) is 5.74. The Hall–Kier alpha value is -0.610. The predicted octanol–water partition coefficient (Wildman–Crippen LogP) is 0.637. The van der Waals surface area contributed by atoms with Crippen molar-refractivity contribution >= 4 is 5.91 Å². The number of rotatable bonds is 7. The summed E-state index contributed by atoms with van der Waals surface area (Å²) in [4.78, 5) is 11.5. The van der Waals surface area contributed by atoms with Gasteiger partial charge in [0.05, 0.1) is 12.1 Å². The minimum Gasteiger partial charge on any atom is -0.391 e. The Balaban J connectivity index is 3.82. The van der Waals surface area contributed by atoms with E-state index in [2.05, 4.69) is 5.32 Å². The van der Waals surface area contributed by atoms with Crippen LogP contribution in [0.25, 0.3) is 0 Å². The van der Waals surface area contributed by atoms with Crippen molar-refractivity contribution in [3.8, 4) is 0 Å². The molecule has 0 aliphatic rings. The van der Waals surface area contributed by atoms with Crippen LogP contribution in [0.4, 0.5) is 0 Å². The van der Waals surface area contributed by atoms with Gasteiger partial charge in [-0.2, -0.15) is 0 Å². The van der Waals surface area contributed by atoms with E-state index >= 15 is 0 Å². The van der Waals surface area contributed by atoms with E-state index in [1.807, 2.05) is 20.8 Å². The Morgan fingerprint density at radius 2 is 2.07 bits per heavy atom. The molecule has 4 nitrogen and oxygen atoms in total. The summed E-state index contributed by atoms with van der Waals surface area (Å²) in [5.41, 5.74) is 5.74. The van der Waals surface area contributed by atoms with Crippen LogP contribution in [0.1, 0.15) is 40.0 Å². The highest BCUT2D eigenvalue weighted by atomic mass is 16.3. The Kier molecular flexibility index (Phi) is 7.34. The molecule has 0 aliphatic carbocycles. The van der Waals surface area contributed by atoms with Crippen LogP contribution in [0.2, 0.25) is 0 Å². The summed E-state index contributed by atoms with van der Waals surface area (Å²) >= 11 is 0. The van der Waals surface area contributed by atoms with E-state index in [9.17, 15) is 9.90 Å². The molecule has 0 fully saturated rings. The van der Waals surface area contributed by atoms with Gasteiger partial charge in [0.1, 0.15) is 0 Å². The number of carbonyl (C=O) groups excluding carboxylic acids is 1. The molecule has 15 heavy (non-hydrogen) atoms. The highest BCUT2D eigenvalue weighted by Crippen LogP contribution is 2.05. The third kappa shape index (κ3) is 5.74. The summed E-state index contributed by atoms with van der Waals surface area (Å²) in [7, 11) is 0. The van der Waals surface area contributed by atoms with E-state index in [1.165, 1.54) is 0 Å². The molecule has 0 saturated carbocycles. The third-order valence-electron chi connectivity index (χ3n) is 2.69. The zero-order chi connectivity index (χ0) is 11.8. The molecule has 0 aromatic carbocycles. The van der Waals surface area contributed by atoms with Crippen molar-refractivity contribution in [1.29, 1.82) is 0 Å². The van der Waals surface area contributed by atoms with E-state index in [0.29, 0.717) is 13.0 Å². The average Bonchev–Trinajstić information content (AvgIpc) is 2.24. The van der Waals surface area contributed by atoms with E-state index in [1.54, 1.807) is 0 Å². The maximum absolute atomic E-state index is 11.5. The summed E-state index contributed by atoms with van der Waals surface area (Å²) < 4.78 is 0. The van der Waals surface area contributed by atoms with E-state index in [0.717, 1.165) is 12.8 Å². The van der Waals surface area contributed by atoms with Gasteiger partial charge in [0.2, 0.25) is 5.91 Å². The fraction of sp³-hybridized carbons (Fsp3) is 0.909. The lowest BCUT2D eigenvalue weighted by Gasteiger charge is -2.19. The number of aliphatic hydroxyl groups excluding tert-OH is 1. The van der Waals surface area contributed by atoms with Crippen LogP contribution in [0, 0.1) is 5.92 Å². The topological polar surface area (TPSA) is 75.3 Å². The molecule has 0 heterocycles. The second-order valence-electron chi connectivity index (χ2n) is 4.10. The number of hydrogen-bond acceptors (Lipinski definition) is 3. The largest absolute Gasteiger partial charge is 0.391 e. The van der Waals surface area contributed by atoms with Crippen LogP contribution >= 0.6 is 0 Å². The molecule has 1 amide bonds. The van der Waals surface area contributed by atoms with Gasteiger partial charge >= 0.3 is 0 Å². The Morgan fingerprint density at radius 3 is 2.53 bits per heavy atom. The standard InChI is InChI=1S/C11H24N2O2/c1-4-6-9(14)7-13-11(15)10(12)8(3)5-2/h8-10,14H,4-7,12H2,1-3H3,(H,13,15). The van der Waals surface area contributed by atoms with E-state index < -0.39 is 12.1 Å². The van der Waals surface area contributed by atoms with Gasteiger partial charge in [0.15, 0.2) is 0 Å². The SMILES string of the molecule is CCCC(O)CNC(=O)C(N)C(C)CC. The molecule has 0 saturated heterocycles. The van der Waals surface area contributed by atoms with Crippen LogP contribution in [0.3, 0.4) is 0 Å². The minimum atomic E-state index is -0.469. The number of amides is 1. The number of hydrogen-bond donors (Lipinski definition) is 3. The first-order chi connectivity index (χ1) is 7.02. The maximum Gasteiger partial charge on any atom is 0.237 e. The fourth-order valence-electron chi connectivity index (χ4n) is 1.28. The molecule has 90 valence electrons. The highest BCUT2D eigenvalue weighted by molar-refractivity contribution is 5.81. The molecular weight excluding hydrogens is 192 g/mol. The normalized spacial score (nSPS) is 16.9. The van der Waals surface area contributed by atoms with Crippen molar-refractivity contribution in [2.45, 2.75) is 52.2 Å². The number of aliphatic hydroxyl groups is 1. The summed E-state index contributed by atoms with van der Waals surface area (Å²) in [6, 6.07) is -0.469. The minimum absolute atomic E-state index is 0.167. The van der Waals surface area contributed by atoms with Gasteiger partial charge in [0.25, 0.3) is 0 Å². The van der Waals surface area contributed by atoms with Gasteiger partial charge in [-0.1, -0.05) is 33.6 Å². The molecule has 0 rings (SSSR count). The zero-order valence-corrected chi connectivity index (χ0v) is 9.99. The second kappa shape index (κ2) is 7.65. The molecule has 4 N–H and O–H groups in total. The maximum atomic E-state index is 11.5. The van der Waals surface area contributed by atoms with Gasteiger partial charge < -0.3 is 16.2 Å². The lowest BCUT2D eigenvalue weighted by Crippen LogP contribution is -2.46. The van der Waals surface area contributed by atoms with Crippen LogP contribution in [-0.4, -0.2) is 29.7 Å². The molecule has 0 spiro atoms. The highest BCUT2D eigenvalue weighted by Gasteiger charge is 2.19. The van der Waals surface area contributed by atoms with Crippen LogP contribution in [0.5, 0.6) is 0 Å². The summed E-state index contributed by atoms with van der Waals surface area (Å²) in [5, 5.41) is 12.1. The first kappa shape index (κ1) is 14.4. The van der Waals surface area contributed by atoms with Crippen molar-refractivity contribution in [3.05, 3.63) is 0 Å². The van der Waals surface area contributed by atoms with Gasteiger partial charge in [0, 0.05) is 6.54 Å². The molecule has 0 aliphatic heterocycles. The van der Waals surface area contributed by atoms with Crippen molar-refractivity contribution in [3.63, 3.8) is 0 Å². The monoisotopic (exact) mass is 216 g/mol. The molecule has 4 heteroatoms. The fourth-order valence-corrected chi connectivity index (χ4v) is 1.28. The van der Waals surface area contributed by atoms with Gasteiger partial charge in [-0.25, -0.2) is 0 Å². The molecule has 3 atom stereocenters. The average molecular weight is 216 g/mol. The van der Waals surface area contributed by atoms with Crippen LogP contribution in [-0.2, 0) is 4.79 Å². The summed E-state index contributed by atoms with van der Waals surface area (Å²) in [5.74, 6) is 0.00724. The van der Waals surface area contributed by atoms with E-state index in [-0.39, 0.29) is 11.8 Å². The van der Waals surface area contributed by atoms with Crippen molar-refractivity contribution < 1.29 is 9.90 Å². The number of nitrogens with one attached hydrogen (secondary N) is 1. The molecular formula is C11H24N2O2. The van der Waals surface area contributed by atoms with Crippen molar-refractivity contribution in [1.82, 2.24) is 5.32 Å². The molecule has 0 bridgehead atoms. The number of nitrogens with two attached hydrogens (primary N) is 1. The lowest BCUT2D eigenvalue weighted by atomic mass is 9.99. The number of carbonyl (C=O) groups is 1. The Bertz CT molecular complexity index is 185. The van der Waals surface area contributed by atoms with E-state index in [4.69, 9.17) is 5.73 Å². The Labute approximate surface area is 92.2 Å². The van der Waals surface area contributed by atoms with Crippen LogP contribution in [0.15, 0.2) is 0 Å². The predicted molar refractivity (Wildman–Crippen MR) is 61.4 cm³/mol. The third-order valence-corrected chi connectivity index (χ3v) is 2.69. The van der Waals surface area contributed by atoms with Gasteiger partial charge in [-0.15, -0.1) is 0 Å². The quantitative estimate of drug-likeness (QED) is 0.584. The molecule has 0 aromatic rings. The molecule has 0 radical (unpaired) electrons. The molecule has 0 aromatic heterocycles. The Morgan fingerprint density at radius 1 is 1.47 bits per heavy atom. The smallest absolute Gasteiger partial charge is 0.237 e. The first-order valence-corrected chi connectivity index (χ1v) is 5.74. The summed E-state index contributed by atoms with van der Waals surface area (Å²) in [6.07, 6.45) is 2.04. The van der Waals surface area contributed by atoms with Crippen molar-refractivity contribution in [2.75, 3.05) is 6.54 Å².